The molecule has 0 bridgehead atoms. The average Bonchev–Trinajstić information content (AvgIpc) is 3.05. The second kappa shape index (κ2) is 7.98. The lowest BCUT2D eigenvalue weighted by Gasteiger charge is -2.10. The van der Waals surface area contributed by atoms with Crippen LogP contribution in [0.15, 0.2) is 68.9 Å². The summed E-state index contributed by atoms with van der Waals surface area (Å²) >= 11 is 1.47. The van der Waals surface area contributed by atoms with Gasteiger partial charge in [-0.3, -0.25) is 4.79 Å². The lowest BCUT2D eigenvalue weighted by molar-refractivity contribution is 0.102. The number of rotatable bonds is 6. The Hall–Kier alpha value is -2.58. The van der Waals surface area contributed by atoms with Gasteiger partial charge in [0.1, 0.15) is 5.76 Å². The molecule has 0 aliphatic carbocycles. The van der Waals surface area contributed by atoms with Crippen LogP contribution in [0.5, 0.6) is 0 Å². The molecular formula is C19H18N2O4S2. The number of hydrogen-bond donors (Lipinski definition) is 1. The molecule has 0 unspecified atom stereocenters. The maximum atomic E-state index is 12.7. The summed E-state index contributed by atoms with van der Waals surface area (Å²) in [5.74, 6) is 0.973. The Morgan fingerprint density at radius 1 is 1.15 bits per heavy atom. The summed E-state index contributed by atoms with van der Waals surface area (Å²) in [5.41, 5.74) is 1.74. The molecule has 0 aliphatic rings. The summed E-state index contributed by atoms with van der Waals surface area (Å²) in [6.45, 7) is 1.85. The lowest BCUT2D eigenvalue weighted by Crippen LogP contribution is -2.13. The number of hydrogen-bond acceptors (Lipinski definition) is 6. The highest BCUT2D eigenvalue weighted by Gasteiger charge is 2.14. The molecule has 0 saturated carbocycles. The molecule has 8 heteroatoms. The van der Waals surface area contributed by atoms with E-state index in [0.717, 1.165) is 22.6 Å². The van der Waals surface area contributed by atoms with Crippen molar-refractivity contribution < 1.29 is 17.7 Å². The molecule has 27 heavy (non-hydrogen) atoms. The Bertz CT molecular complexity index is 1070. The van der Waals surface area contributed by atoms with E-state index < -0.39 is 9.84 Å². The van der Waals surface area contributed by atoms with Crippen LogP contribution < -0.4 is 5.32 Å². The third kappa shape index (κ3) is 4.99. The zero-order chi connectivity index (χ0) is 19.4. The topological polar surface area (TPSA) is 89.3 Å². The van der Waals surface area contributed by atoms with Gasteiger partial charge in [-0.1, -0.05) is 23.4 Å². The smallest absolute Gasteiger partial charge is 0.256 e. The van der Waals surface area contributed by atoms with Gasteiger partial charge in [0, 0.05) is 22.9 Å². The number of aryl methyl sites for hydroxylation is 1. The first-order valence-corrected chi connectivity index (χ1v) is 11.0. The van der Waals surface area contributed by atoms with Crippen LogP contribution in [0.2, 0.25) is 0 Å². The Morgan fingerprint density at radius 2 is 1.93 bits per heavy atom. The molecule has 1 heterocycles. The van der Waals surface area contributed by atoms with E-state index in [9.17, 15) is 13.2 Å². The van der Waals surface area contributed by atoms with Gasteiger partial charge in [0.2, 0.25) is 0 Å². The van der Waals surface area contributed by atoms with Crippen molar-refractivity contribution in [1.82, 2.24) is 5.16 Å². The summed E-state index contributed by atoms with van der Waals surface area (Å²) in [6, 6.07) is 15.3. The number of carbonyl (C=O) groups is 1. The van der Waals surface area contributed by atoms with Gasteiger partial charge in [0.25, 0.3) is 5.91 Å². The van der Waals surface area contributed by atoms with Gasteiger partial charge in [-0.25, -0.2) is 8.42 Å². The molecule has 140 valence electrons. The van der Waals surface area contributed by atoms with E-state index in [-0.39, 0.29) is 10.8 Å². The Kier molecular flexibility index (Phi) is 5.67. The van der Waals surface area contributed by atoms with Crippen LogP contribution in [-0.4, -0.2) is 25.7 Å². The van der Waals surface area contributed by atoms with E-state index in [0.29, 0.717) is 17.0 Å². The van der Waals surface area contributed by atoms with Crippen LogP contribution in [0.25, 0.3) is 0 Å². The summed E-state index contributed by atoms with van der Waals surface area (Å²) in [5, 5.41) is 6.61. The number of anilines is 1. The number of aromatic nitrogens is 1. The summed E-state index contributed by atoms with van der Waals surface area (Å²) in [6.07, 6.45) is 1.13. The molecule has 0 spiro atoms. The predicted molar refractivity (Wildman–Crippen MR) is 105 cm³/mol. The number of nitrogens with one attached hydrogen (secondary N) is 1. The highest BCUT2D eigenvalue weighted by Crippen LogP contribution is 2.27. The molecule has 2 aromatic carbocycles. The van der Waals surface area contributed by atoms with Crippen molar-refractivity contribution in [2.45, 2.75) is 22.5 Å². The molecule has 1 amide bonds. The Morgan fingerprint density at radius 3 is 2.63 bits per heavy atom. The van der Waals surface area contributed by atoms with E-state index in [1.807, 2.05) is 25.1 Å². The van der Waals surface area contributed by atoms with E-state index >= 15 is 0 Å². The van der Waals surface area contributed by atoms with E-state index in [2.05, 4.69) is 10.5 Å². The van der Waals surface area contributed by atoms with Gasteiger partial charge in [-0.15, -0.1) is 11.8 Å². The van der Waals surface area contributed by atoms with Crippen molar-refractivity contribution >= 4 is 33.2 Å². The first-order valence-electron chi connectivity index (χ1n) is 8.08. The molecule has 0 aliphatic heterocycles. The van der Waals surface area contributed by atoms with Crippen molar-refractivity contribution in [3.8, 4) is 0 Å². The van der Waals surface area contributed by atoms with Crippen molar-refractivity contribution in [3.63, 3.8) is 0 Å². The van der Waals surface area contributed by atoms with Crippen molar-refractivity contribution in [2.24, 2.45) is 0 Å². The number of thioether (sulfide) groups is 1. The molecule has 0 fully saturated rings. The van der Waals surface area contributed by atoms with Gasteiger partial charge in [0.05, 0.1) is 21.9 Å². The molecule has 3 aromatic rings. The first-order chi connectivity index (χ1) is 12.8. The number of carbonyl (C=O) groups excluding carboxylic acids is 1. The molecule has 6 nitrogen and oxygen atoms in total. The lowest BCUT2D eigenvalue weighted by atomic mass is 10.2. The molecule has 0 radical (unpaired) electrons. The highest BCUT2D eigenvalue weighted by atomic mass is 32.2. The fourth-order valence-electron chi connectivity index (χ4n) is 2.42. The van der Waals surface area contributed by atoms with E-state index in [1.165, 1.54) is 23.9 Å². The van der Waals surface area contributed by atoms with Crippen LogP contribution in [0.4, 0.5) is 5.69 Å². The average molecular weight is 402 g/mol. The van der Waals surface area contributed by atoms with Crippen LogP contribution in [0.1, 0.15) is 21.8 Å². The third-order valence-corrected chi connectivity index (χ3v) is 5.90. The molecule has 3 rings (SSSR count). The maximum absolute atomic E-state index is 12.7. The van der Waals surface area contributed by atoms with Crippen molar-refractivity contribution in [2.75, 3.05) is 11.6 Å². The van der Waals surface area contributed by atoms with Crippen molar-refractivity contribution in [1.29, 1.82) is 0 Å². The maximum Gasteiger partial charge on any atom is 0.256 e. The SMILES string of the molecule is Cc1cc(CSc2ccccc2C(=O)Nc2cccc(S(C)(=O)=O)c2)on1. The minimum Gasteiger partial charge on any atom is -0.360 e. The summed E-state index contributed by atoms with van der Waals surface area (Å²) in [7, 11) is -3.34. The van der Waals surface area contributed by atoms with E-state index in [4.69, 9.17) is 4.52 Å². The highest BCUT2D eigenvalue weighted by molar-refractivity contribution is 7.98. The normalized spacial score (nSPS) is 11.3. The third-order valence-electron chi connectivity index (χ3n) is 3.70. The number of amides is 1. The van der Waals surface area contributed by atoms with Gasteiger partial charge >= 0.3 is 0 Å². The van der Waals surface area contributed by atoms with Crippen LogP contribution in [-0.2, 0) is 15.6 Å². The minimum atomic E-state index is -3.34. The summed E-state index contributed by atoms with van der Waals surface area (Å²) < 4.78 is 28.6. The second-order valence-corrected chi connectivity index (χ2v) is 9.01. The zero-order valence-corrected chi connectivity index (χ0v) is 16.4. The Labute approximate surface area is 161 Å². The van der Waals surface area contributed by atoms with Gasteiger partial charge in [0.15, 0.2) is 9.84 Å². The monoisotopic (exact) mass is 402 g/mol. The molecule has 1 aromatic heterocycles. The van der Waals surface area contributed by atoms with Crippen molar-refractivity contribution in [3.05, 3.63) is 71.6 Å². The minimum absolute atomic E-state index is 0.156. The number of nitrogens with zero attached hydrogens (tertiary/aromatic N) is 1. The van der Waals surface area contributed by atoms with Gasteiger partial charge in [-0.05, 0) is 37.3 Å². The second-order valence-electron chi connectivity index (χ2n) is 5.97. The predicted octanol–water partition coefficient (Wildman–Crippen LogP) is 3.93. The first kappa shape index (κ1) is 19.2. The fraction of sp³-hybridized carbons (Fsp3) is 0.158. The standard InChI is InChI=1S/C19H18N2O4S2/c1-13-10-15(25-21-13)12-26-18-9-4-3-8-17(18)19(22)20-14-6-5-7-16(11-14)27(2,23)24/h3-11H,12H2,1-2H3,(H,20,22). The van der Waals surface area contributed by atoms with Gasteiger partial charge < -0.3 is 9.84 Å². The van der Waals surface area contributed by atoms with Crippen LogP contribution in [0, 0.1) is 6.92 Å². The number of sulfone groups is 1. The van der Waals surface area contributed by atoms with E-state index in [1.54, 1.807) is 24.3 Å². The molecule has 0 atom stereocenters. The zero-order valence-electron chi connectivity index (χ0n) is 14.8. The summed E-state index contributed by atoms with van der Waals surface area (Å²) in [4.78, 5) is 13.7. The molecule has 1 N–H and O–H groups in total. The van der Waals surface area contributed by atoms with Crippen LogP contribution >= 0.6 is 11.8 Å². The quantitative estimate of drug-likeness (QED) is 0.629. The molecule has 0 saturated heterocycles. The van der Waals surface area contributed by atoms with Gasteiger partial charge in [-0.2, -0.15) is 0 Å². The largest absolute Gasteiger partial charge is 0.360 e. The Balaban J connectivity index is 1.77. The molecular weight excluding hydrogens is 384 g/mol. The fourth-order valence-corrected chi connectivity index (χ4v) is 4.01. The number of benzene rings is 2. The van der Waals surface area contributed by atoms with Crippen LogP contribution in [0.3, 0.4) is 0 Å².